The van der Waals surface area contributed by atoms with Gasteiger partial charge in [0, 0.05) is 6.07 Å². The number of benzene rings is 1. The zero-order chi connectivity index (χ0) is 11.6. The highest BCUT2D eigenvalue weighted by atomic mass is 35.5. The van der Waals surface area contributed by atoms with Crippen LogP contribution in [0.15, 0.2) is 11.0 Å². The molecule has 1 aromatic rings. The molecule has 1 N–H and O–H groups in total. The summed E-state index contributed by atoms with van der Waals surface area (Å²) in [6.07, 6.45) is 0. The van der Waals surface area contributed by atoms with Crippen LogP contribution in [0.4, 0.5) is 22.4 Å². The summed E-state index contributed by atoms with van der Waals surface area (Å²) in [7, 11) is 0. The van der Waals surface area contributed by atoms with Crippen LogP contribution < -0.4 is 4.72 Å². The second-order valence-corrected chi connectivity index (χ2v) is 3.43. The molecule has 0 aliphatic carbocycles. The van der Waals surface area contributed by atoms with Crippen LogP contribution >= 0.6 is 23.5 Å². The van der Waals surface area contributed by atoms with Crippen LogP contribution in [0.1, 0.15) is 0 Å². The van der Waals surface area contributed by atoms with Gasteiger partial charge in [-0.1, -0.05) is 0 Å². The summed E-state index contributed by atoms with van der Waals surface area (Å²) in [5.41, 5.74) is 0. The topological polar surface area (TPSA) is 29.1 Å². The third-order valence-corrected chi connectivity index (χ3v) is 2.36. The molecule has 1 aromatic carbocycles. The fraction of sp³-hybridized carbons (Fsp3) is 0. The fourth-order valence-electron chi connectivity index (χ4n) is 0.732. The summed E-state index contributed by atoms with van der Waals surface area (Å²) in [5, 5.41) is -1.12. The first-order valence-corrected chi connectivity index (χ1v) is 4.58. The van der Waals surface area contributed by atoms with E-state index in [-0.39, 0.29) is 18.0 Å². The molecule has 2 nitrogen and oxygen atoms in total. The molecule has 0 aromatic heterocycles. The first kappa shape index (κ1) is 12.1. The Bertz CT molecular complexity index is 388. The number of nitrogens with one attached hydrogen (secondary N) is 1. The van der Waals surface area contributed by atoms with Crippen molar-refractivity contribution in [2.45, 2.75) is 4.90 Å². The maximum atomic E-state index is 12.9. The number of carbonyl (C=O) groups excluding carboxylic acids is 1. The standard InChI is InChI=1S/C7H2ClF4NOS/c8-7(14)13-15-6-4(11)2(9)1-3(10)5(6)12/h1H,(H,13,14). The molecule has 1 rings (SSSR count). The van der Waals surface area contributed by atoms with Crippen LogP contribution in [-0.4, -0.2) is 5.37 Å². The number of halogens is 5. The summed E-state index contributed by atoms with van der Waals surface area (Å²) in [5.74, 6) is -6.30. The molecule has 0 saturated heterocycles. The Hall–Kier alpha value is -0.950. The summed E-state index contributed by atoms with van der Waals surface area (Å²) in [4.78, 5) is 9.21. The normalized spacial score (nSPS) is 10.2. The molecule has 1 amide bonds. The van der Waals surface area contributed by atoms with E-state index in [9.17, 15) is 22.4 Å². The number of carbonyl (C=O) groups is 1. The lowest BCUT2D eigenvalue weighted by atomic mass is 10.3. The maximum absolute atomic E-state index is 12.9. The largest absolute Gasteiger partial charge is 0.323 e. The minimum Gasteiger partial charge on any atom is -0.282 e. The summed E-state index contributed by atoms with van der Waals surface area (Å²) < 4.78 is 52.7. The van der Waals surface area contributed by atoms with Gasteiger partial charge in [-0.15, -0.1) is 0 Å². The van der Waals surface area contributed by atoms with Crippen LogP contribution in [-0.2, 0) is 0 Å². The number of hydrogen-bond acceptors (Lipinski definition) is 2. The van der Waals surface area contributed by atoms with Crippen LogP contribution in [0, 0.1) is 23.3 Å². The van der Waals surface area contributed by atoms with Crippen molar-refractivity contribution in [3.63, 3.8) is 0 Å². The summed E-state index contributed by atoms with van der Waals surface area (Å²) in [6, 6.07) is 0.0667. The van der Waals surface area contributed by atoms with E-state index in [0.29, 0.717) is 0 Å². The Balaban J connectivity index is 3.09. The van der Waals surface area contributed by atoms with Gasteiger partial charge in [0.25, 0.3) is 0 Å². The third-order valence-electron chi connectivity index (χ3n) is 1.30. The minimum absolute atomic E-state index is 0.0486. The van der Waals surface area contributed by atoms with E-state index in [0.717, 1.165) is 0 Å². The van der Waals surface area contributed by atoms with Gasteiger partial charge in [-0.2, -0.15) is 0 Å². The van der Waals surface area contributed by atoms with Crippen LogP contribution in [0.5, 0.6) is 0 Å². The molecular formula is C7H2ClF4NOS. The highest BCUT2D eigenvalue weighted by Gasteiger charge is 2.20. The van der Waals surface area contributed by atoms with Gasteiger partial charge < -0.3 is 0 Å². The smallest absolute Gasteiger partial charge is 0.282 e. The van der Waals surface area contributed by atoms with Gasteiger partial charge in [-0.3, -0.25) is 9.52 Å². The van der Waals surface area contributed by atoms with Gasteiger partial charge in [0.15, 0.2) is 23.3 Å². The third kappa shape index (κ3) is 2.75. The molecule has 0 atom stereocenters. The maximum Gasteiger partial charge on any atom is 0.323 e. The Morgan fingerprint density at radius 3 is 2.07 bits per heavy atom. The Labute approximate surface area is 90.7 Å². The van der Waals surface area contributed by atoms with Crippen molar-refractivity contribution < 1.29 is 22.4 Å². The van der Waals surface area contributed by atoms with Crippen molar-refractivity contribution >= 4 is 28.9 Å². The average Bonchev–Trinajstić information content (AvgIpc) is 2.14. The fourth-order valence-corrected chi connectivity index (χ4v) is 1.40. The van der Waals surface area contributed by atoms with Gasteiger partial charge in [-0.05, 0) is 23.5 Å². The monoisotopic (exact) mass is 259 g/mol. The molecule has 0 saturated carbocycles. The van der Waals surface area contributed by atoms with Crippen molar-refractivity contribution in [3.05, 3.63) is 29.3 Å². The van der Waals surface area contributed by atoms with Gasteiger partial charge in [0.2, 0.25) is 0 Å². The van der Waals surface area contributed by atoms with Gasteiger partial charge in [-0.25, -0.2) is 17.6 Å². The van der Waals surface area contributed by atoms with Crippen LogP contribution in [0.2, 0.25) is 0 Å². The zero-order valence-corrected chi connectivity index (χ0v) is 8.36. The Morgan fingerprint density at radius 2 is 1.67 bits per heavy atom. The highest BCUT2D eigenvalue weighted by Crippen LogP contribution is 2.26. The first-order valence-electron chi connectivity index (χ1n) is 3.38. The quantitative estimate of drug-likeness (QED) is 0.291. The van der Waals surface area contributed by atoms with E-state index in [1.165, 1.54) is 0 Å². The predicted octanol–water partition coefficient (Wildman–Crippen LogP) is 3.20. The van der Waals surface area contributed by atoms with Crippen molar-refractivity contribution in [1.29, 1.82) is 0 Å². The zero-order valence-electron chi connectivity index (χ0n) is 6.78. The van der Waals surface area contributed by atoms with Gasteiger partial charge >= 0.3 is 5.37 Å². The molecule has 0 radical (unpaired) electrons. The molecule has 15 heavy (non-hydrogen) atoms. The second kappa shape index (κ2) is 4.71. The van der Waals surface area contributed by atoms with Crippen molar-refractivity contribution in [3.8, 4) is 0 Å². The van der Waals surface area contributed by atoms with Gasteiger partial charge in [0.1, 0.15) is 4.90 Å². The van der Waals surface area contributed by atoms with Crippen molar-refractivity contribution in [1.82, 2.24) is 4.72 Å². The Morgan fingerprint density at radius 1 is 1.20 bits per heavy atom. The number of hydrogen-bond donors (Lipinski definition) is 1. The van der Waals surface area contributed by atoms with E-state index >= 15 is 0 Å². The Kier molecular flexibility index (Phi) is 3.81. The highest BCUT2D eigenvalue weighted by molar-refractivity contribution is 7.98. The van der Waals surface area contributed by atoms with Crippen LogP contribution in [0.3, 0.4) is 0 Å². The second-order valence-electron chi connectivity index (χ2n) is 2.28. The van der Waals surface area contributed by atoms with E-state index in [1.807, 2.05) is 0 Å². The molecule has 0 bridgehead atoms. The predicted molar refractivity (Wildman–Crippen MR) is 46.5 cm³/mol. The molecule has 0 aliphatic rings. The van der Waals surface area contributed by atoms with E-state index in [4.69, 9.17) is 11.6 Å². The lowest BCUT2D eigenvalue weighted by Crippen LogP contribution is -2.08. The molecule has 0 heterocycles. The molecule has 0 aliphatic heterocycles. The average molecular weight is 260 g/mol. The van der Waals surface area contributed by atoms with Gasteiger partial charge in [0.05, 0.1) is 0 Å². The molecular weight excluding hydrogens is 258 g/mol. The SMILES string of the molecule is O=C(Cl)NSc1c(F)c(F)cc(F)c1F. The van der Waals surface area contributed by atoms with E-state index < -0.39 is 33.5 Å². The molecule has 0 spiro atoms. The summed E-state index contributed by atoms with van der Waals surface area (Å²) in [6.45, 7) is 0. The number of rotatable bonds is 2. The molecule has 0 unspecified atom stereocenters. The van der Waals surface area contributed by atoms with Crippen molar-refractivity contribution in [2.75, 3.05) is 0 Å². The van der Waals surface area contributed by atoms with E-state index in [2.05, 4.69) is 0 Å². The molecule has 82 valence electrons. The van der Waals surface area contributed by atoms with Crippen LogP contribution in [0.25, 0.3) is 0 Å². The molecule has 8 heteroatoms. The first-order chi connectivity index (χ1) is 6.93. The number of amides is 1. The van der Waals surface area contributed by atoms with E-state index in [1.54, 1.807) is 4.72 Å². The van der Waals surface area contributed by atoms with Crippen molar-refractivity contribution in [2.24, 2.45) is 0 Å². The summed E-state index contributed by atoms with van der Waals surface area (Å²) >= 11 is 4.86. The lowest BCUT2D eigenvalue weighted by Gasteiger charge is -2.05. The minimum atomic E-state index is -1.59. The lowest BCUT2D eigenvalue weighted by molar-refractivity contribution is 0.264. The molecule has 0 fully saturated rings.